The maximum absolute atomic E-state index is 6.12. The molecule has 4 rings (SSSR count). The third-order valence-corrected chi connectivity index (χ3v) is 6.35. The number of rotatable bonds is 13. The van der Waals surface area contributed by atoms with Crippen molar-refractivity contribution in [1.29, 1.82) is 0 Å². The zero-order valence-electron chi connectivity index (χ0n) is 19.2. The number of anilines is 2. The minimum atomic E-state index is 0.702. The van der Waals surface area contributed by atoms with Gasteiger partial charge < -0.3 is 10.6 Å². The third-order valence-electron chi connectivity index (χ3n) is 5.88. The van der Waals surface area contributed by atoms with Crippen LogP contribution in [0.1, 0.15) is 51.4 Å². The molecule has 0 radical (unpaired) electrons. The molecular weight excluding hydrogens is 467 g/mol. The zero-order valence-corrected chi connectivity index (χ0v) is 20.7. The second kappa shape index (κ2) is 12.7. The van der Waals surface area contributed by atoms with Crippen molar-refractivity contribution in [3.05, 3.63) is 59.1 Å². The molecule has 0 saturated heterocycles. The molecule has 0 aliphatic carbocycles. The molecule has 0 aliphatic rings. The maximum atomic E-state index is 6.12. The second-order valence-corrected chi connectivity index (χ2v) is 9.32. The number of nitrogens with one attached hydrogen (secondary N) is 2. The molecule has 6 nitrogen and oxygen atoms in total. The van der Waals surface area contributed by atoms with E-state index >= 15 is 0 Å². The van der Waals surface area contributed by atoms with Gasteiger partial charge in [-0.3, -0.25) is 0 Å². The summed E-state index contributed by atoms with van der Waals surface area (Å²) in [5.74, 6) is 1.72. The largest absolute Gasteiger partial charge is 0.369 e. The van der Waals surface area contributed by atoms with E-state index in [0.717, 1.165) is 59.4 Å². The number of fused-ring (bicyclic) bond motifs is 2. The molecule has 8 heteroatoms. The van der Waals surface area contributed by atoms with Gasteiger partial charge in [-0.1, -0.05) is 61.7 Å². The van der Waals surface area contributed by atoms with Crippen LogP contribution in [0, 0.1) is 0 Å². The van der Waals surface area contributed by atoms with Crippen LogP contribution in [0.4, 0.5) is 11.6 Å². The Morgan fingerprint density at radius 1 is 0.529 bits per heavy atom. The fraction of sp³-hybridized carbons (Fsp3) is 0.385. The van der Waals surface area contributed by atoms with Crippen LogP contribution in [0.15, 0.2) is 49.1 Å². The molecule has 4 aromatic rings. The highest BCUT2D eigenvalue weighted by atomic mass is 35.5. The Balaban J connectivity index is 1.04. The Morgan fingerprint density at radius 2 is 0.941 bits per heavy atom. The van der Waals surface area contributed by atoms with Crippen LogP contribution in [-0.2, 0) is 0 Å². The quantitative estimate of drug-likeness (QED) is 0.186. The van der Waals surface area contributed by atoms with Crippen molar-refractivity contribution in [2.75, 3.05) is 23.7 Å². The Kier molecular flexibility index (Phi) is 9.11. The SMILES string of the molecule is Clc1ccc2ncnc(NCCCCCCCCCCNc3ncnc4ccc(Cl)cc34)c2c1. The third kappa shape index (κ3) is 6.90. The first-order valence-corrected chi connectivity index (χ1v) is 12.7. The first-order valence-electron chi connectivity index (χ1n) is 12.0. The zero-order chi connectivity index (χ0) is 23.6. The smallest absolute Gasteiger partial charge is 0.137 e. The summed E-state index contributed by atoms with van der Waals surface area (Å²) in [7, 11) is 0. The summed E-state index contributed by atoms with van der Waals surface area (Å²) in [5, 5.41) is 10.2. The number of aromatic nitrogens is 4. The number of nitrogens with zero attached hydrogens (tertiary/aromatic N) is 4. The van der Waals surface area contributed by atoms with E-state index in [1.165, 1.54) is 38.5 Å². The lowest BCUT2D eigenvalue weighted by Gasteiger charge is -2.09. The molecule has 34 heavy (non-hydrogen) atoms. The molecular formula is C26H30Cl2N6. The Morgan fingerprint density at radius 3 is 1.38 bits per heavy atom. The van der Waals surface area contributed by atoms with Gasteiger partial charge in [-0.15, -0.1) is 0 Å². The van der Waals surface area contributed by atoms with Crippen LogP contribution >= 0.6 is 23.2 Å². The molecule has 2 aromatic heterocycles. The van der Waals surface area contributed by atoms with Crippen LogP contribution in [-0.4, -0.2) is 33.0 Å². The van der Waals surface area contributed by atoms with Gasteiger partial charge in [0, 0.05) is 33.9 Å². The maximum Gasteiger partial charge on any atom is 0.137 e. The summed E-state index contributed by atoms with van der Waals surface area (Å²) in [6, 6.07) is 11.4. The lowest BCUT2D eigenvalue weighted by molar-refractivity contribution is 0.577. The molecule has 0 bridgehead atoms. The first kappa shape index (κ1) is 24.4. The predicted octanol–water partition coefficient (Wildman–Crippen LogP) is 7.52. The summed E-state index contributed by atoms with van der Waals surface area (Å²) in [6.07, 6.45) is 13.0. The van der Waals surface area contributed by atoms with Gasteiger partial charge in [0.1, 0.15) is 24.3 Å². The minimum absolute atomic E-state index is 0.702. The molecule has 0 unspecified atom stereocenters. The monoisotopic (exact) mass is 496 g/mol. The minimum Gasteiger partial charge on any atom is -0.369 e. The molecule has 0 fully saturated rings. The second-order valence-electron chi connectivity index (χ2n) is 8.45. The van der Waals surface area contributed by atoms with Gasteiger partial charge >= 0.3 is 0 Å². The van der Waals surface area contributed by atoms with Crippen LogP contribution in [0.2, 0.25) is 10.0 Å². The molecule has 2 N–H and O–H groups in total. The van der Waals surface area contributed by atoms with Gasteiger partial charge in [-0.25, -0.2) is 19.9 Å². The molecule has 2 heterocycles. The van der Waals surface area contributed by atoms with E-state index in [-0.39, 0.29) is 0 Å². The first-order chi connectivity index (χ1) is 16.7. The summed E-state index contributed by atoms with van der Waals surface area (Å²) in [6.45, 7) is 1.82. The Bertz CT molecular complexity index is 1120. The molecule has 2 aromatic carbocycles. The molecule has 0 amide bonds. The van der Waals surface area contributed by atoms with Crippen molar-refractivity contribution in [2.24, 2.45) is 0 Å². The van der Waals surface area contributed by atoms with E-state index < -0.39 is 0 Å². The van der Waals surface area contributed by atoms with Crippen molar-refractivity contribution >= 4 is 56.6 Å². The predicted molar refractivity (Wildman–Crippen MR) is 143 cm³/mol. The van der Waals surface area contributed by atoms with Crippen molar-refractivity contribution < 1.29 is 0 Å². The average Bonchev–Trinajstić information content (AvgIpc) is 2.85. The van der Waals surface area contributed by atoms with Gasteiger partial charge in [0.2, 0.25) is 0 Å². The van der Waals surface area contributed by atoms with Crippen LogP contribution in [0.3, 0.4) is 0 Å². The van der Waals surface area contributed by atoms with Crippen molar-refractivity contribution in [1.82, 2.24) is 19.9 Å². The average molecular weight is 497 g/mol. The van der Waals surface area contributed by atoms with Gasteiger partial charge in [-0.2, -0.15) is 0 Å². The van der Waals surface area contributed by atoms with E-state index in [0.29, 0.717) is 10.0 Å². The van der Waals surface area contributed by atoms with E-state index in [2.05, 4.69) is 30.6 Å². The number of hydrogen-bond acceptors (Lipinski definition) is 6. The fourth-order valence-corrected chi connectivity index (χ4v) is 4.41. The molecule has 0 atom stereocenters. The standard InChI is InChI=1S/C26H30Cl2N6/c27-19-9-11-23-21(15-19)25(33-17-31-23)29-13-7-5-3-1-2-4-6-8-14-30-26-22-16-20(28)10-12-24(22)32-18-34-26/h9-12,15-18H,1-8,13-14H2,(H,29,31,33)(H,30,32,34). The fourth-order valence-electron chi connectivity index (χ4n) is 4.06. The van der Waals surface area contributed by atoms with E-state index in [4.69, 9.17) is 23.2 Å². The Labute approximate surface area is 210 Å². The molecule has 178 valence electrons. The summed E-state index contributed by atoms with van der Waals surface area (Å²) in [4.78, 5) is 17.3. The summed E-state index contributed by atoms with van der Waals surface area (Å²) >= 11 is 12.2. The normalized spacial score (nSPS) is 11.2. The van der Waals surface area contributed by atoms with E-state index in [1.807, 2.05) is 36.4 Å². The van der Waals surface area contributed by atoms with Crippen LogP contribution in [0.5, 0.6) is 0 Å². The lowest BCUT2D eigenvalue weighted by atomic mass is 10.1. The van der Waals surface area contributed by atoms with E-state index in [9.17, 15) is 0 Å². The Hall–Kier alpha value is -2.70. The van der Waals surface area contributed by atoms with Gasteiger partial charge in [-0.05, 0) is 49.2 Å². The summed E-state index contributed by atoms with van der Waals surface area (Å²) in [5.41, 5.74) is 1.82. The summed E-state index contributed by atoms with van der Waals surface area (Å²) < 4.78 is 0. The number of unbranched alkanes of at least 4 members (excludes halogenated alkanes) is 7. The molecule has 0 saturated carbocycles. The van der Waals surface area contributed by atoms with Gasteiger partial charge in [0.15, 0.2) is 0 Å². The lowest BCUT2D eigenvalue weighted by Crippen LogP contribution is -2.04. The van der Waals surface area contributed by atoms with Crippen LogP contribution < -0.4 is 10.6 Å². The van der Waals surface area contributed by atoms with E-state index in [1.54, 1.807) is 12.7 Å². The van der Waals surface area contributed by atoms with Gasteiger partial charge in [0.05, 0.1) is 11.0 Å². The number of benzene rings is 2. The molecule has 0 spiro atoms. The van der Waals surface area contributed by atoms with Gasteiger partial charge in [0.25, 0.3) is 0 Å². The molecule has 0 aliphatic heterocycles. The van der Waals surface area contributed by atoms with Crippen molar-refractivity contribution in [3.8, 4) is 0 Å². The topological polar surface area (TPSA) is 75.6 Å². The van der Waals surface area contributed by atoms with Crippen molar-refractivity contribution in [2.45, 2.75) is 51.4 Å². The highest BCUT2D eigenvalue weighted by Gasteiger charge is 2.05. The highest BCUT2D eigenvalue weighted by molar-refractivity contribution is 6.31. The number of halogens is 2. The number of hydrogen-bond donors (Lipinski definition) is 2. The van der Waals surface area contributed by atoms with Crippen molar-refractivity contribution in [3.63, 3.8) is 0 Å². The highest BCUT2D eigenvalue weighted by Crippen LogP contribution is 2.24. The van der Waals surface area contributed by atoms with Crippen LogP contribution in [0.25, 0.3) is 21.8 Å².